The van der Waals surface area contributed by atoms with Crippen molar-refractivity contribution in [3.05, 3.63) is 65.2 Å². The predicted octanol–water partition coefficient (Wildman–Crippen LogP) is 2.82. The Morgan fingerprint density at radius 1 is 1.07 bits per heavy atom. The second-order valence-electron chi connectivity index (χ2n) is 6.28. The first-order valence-electron chi connectivity index (χ1n) is 8.54. The summed E-state index contributed by atoms with van der Waals surface area (Å²) >= 11 is 0. The Balaban J connectivity index is 2.01. The summed E-state index contributed by atoms with van der Waals surface area (Å²) in [6.07, 6.45) is 1.69. The minimum atomic E-state index is -3.58. The van der Waals surface area contributed by atoms with Crippen molar-refractivity contribution in [1.29, 1.82) is 0 Å². The maximum Gasteiger partial charge on any atom is 0.339 e. The monoisotopic (exact) mass is 389 g/mol. The van der Waals surface area contributed by atoms with Crippen molar-refractivity contribution >= 4 is 21.7 Å². The lowest BCUT2D eigenvalue weighted by molar-refractivity contribution is -0.125. The van der Waals surface area contributed by atoms with Gasteiger partial charge < -0.3 is 10.1 Å². The standard InChI is InChI=1S/C20H23NO5S/c1-4-17(15-11-9-14(2)10-12-15)21-19(22)13-26-20(23)16-7-5-6-8-18(16)27(3,24)25/h5-12,17H,4,13H2,1-3H3,(H,21,22)/t17-/m1/s1. The van der Waals surface area contributed by atoms with Crippen LogP contribution in [0, 0.1) is 6.92 Å². The molecule has 6 nitrogen and oxygen atoms in total. The van der Waals surface area contributed by atoms with Crippen LogP contribution >= 0.6 is 0 Å². The molecule has 1 amide bonds. The molecule has 144 valence electrons. The second-order valence-corrected chi connectivity index (χ2v) is 8.27. The summed E-state index contributed by atoms with van der Waals surface area (Å²) in [5.41, 5.74) is 2.00. The van der Waals surface area contributed by atoms with Crippen molar-refractivity contribution < 1.29 is 22.7 Å². The molecule has 7 heteroatoms. The molecule has 0 bridgehead atoms. The fraction of sp³-hybridized carbons (Fsp3) is 0.300. The summed E-state index contributed by atoms with van der Waals surface area (Å²) in [5, 5.41) is 2.82. The molecule has 2 aromatic carbocycles. The average molecular weight is 389 g/mol. The number of amides is 1. The number of aryl methyl sites for hydroxylation is 1. The molecule has 0 fully saturated rings. The fourth-order valence-electron chi connectivity index (χ4n) is 2.62. The molecule has 0 saturated heterocycles. The zero-order valence-corrected chi connectivity index (χ0v) is 16.4. The van der Waals surface area contributed by atoms with Crippen molar-refractivity contribution in [1.82, 2.24) is 5.32 Å². The molecule has 27 heavy (non-hydrogen) atoms. The van der Waals surface area contributed by atoms with Crippen LogP contribution in [0.1, 0.15) is 40.9 Å². The molecular formula is C20H23NO5S. The predicted molar refractivity (Wildman–Crippen MR) is 102 cm³/mol. The maximum atomic E-state index is 12.2. The van der Waals surface area contributed by atoms with Gasteiger partial charge in [0.2, 0.25) is 0 Å². The molecule has 0 saturated carbocycles. The summed E-state index contributed by atoms with van der Waals surface area (Å²) in [5.74, 6) is -1.30. The van der Waals surface area contributed by atoms with Gasteiger partial charge in [0.05, 0.1) is 16.5 Å². The molecule has 0 heterocycles. The van der Waals surface area contributed by atoms with Gasteiger partial charge in [-0.25, -0.2) is 13.2 Å². The number of hydrogen-bond acceptors (Lipinski definition) is 5. The van der Waals surface area contributed by atoms with Crippen molar-refractivity contribution in [3.63, 3.8) is 0 Å². The van der Waals surface area contributed by atoms with Gasteiger partial charge in [0.15, 0.2) is 16.4 Å². The third kappa shape index (κ3) is 5.65. The van der Waals surface area contributed by atoms with Gasteiger partial charge in [-0.05, 0) is 31.0 Å². The van der Waals surface area contributed by atoms with Crippen LogP contribution in [-0.4, -0.2) is 33.2 Å². The minimum absolute atomic E-state index is 0.0848. The van der Waals surface area contributed by atoms with E-state index in [4.69, 9.17) is 4.74 Å². The van der Waals surface area contributed by atoms with Crippen LogP contribution in [0.5, 0.6) is 0 Å². The summed E-state index contributed by atoms with van der Waals surface area (Å²) < 4.78 is 28.6. The Morgan fingerprint density at radius 3 is 2.30 bits per heavy atom. The third-order valence-corrected chi connectivity index (χ3v) is 5.22. The highest BCUT2D eigenvalue weighted by Gasteiger charge is 2.20. The van der Waals surface area contributed by atoms with Crippen molar-refractivity contribution in [2.75, 3.05) is 12.9 Å². The van der Waals surface area contributed by atoms with Crippen LogP contribution in [0.2, 0.25) is 0 Å². The van der Waals surface area contributed by atoms with Crippen LogP contribution in [-0.2, 0) is 19.4 Å². The number of esters is 1. The van der Waals surface area contributed by atoms with Crippen LogP contribution in [0.15, 0.2) is 53.4 Å². The lowest BCUT2D eigenvalue weighted by Crippen LogP contribution is -2.32. The van der Waals surface area contributed by atoms with Gasteiger partial charge >= 0.3 is 5.97 Å². The highest BCUT2D eigenvalue weighted by atomic mass is 32.2. The maximum absolute atomic E-state index is 12.2. The zero-order chi connectivity index (χ0) is 20.0. The smallest absolute Gasteiger partial charge is 0.339 e. The molecule has 0 unspecified atom stereocenters. The Hall–Kier alpha value is -2.67. The third-order valence-electron chi connectivity index (χ3n) is 4.06. The number of benzene rings is 2. The van der Waals surface area contributed by atoms with Gasteiger partial charge in [-0.15, -0.1) is 0 Å². The zero-order valence-electron chi connectivity index (χ0n) is 15.6. The van der Waals surface area contributed by atoms with E-state index in [0.29, 0.717) is 6.42 Å². The highest BCUT2D eigenvalue weighted by Crippen LogP contribution is 2.18. The molecule has 0 aromatic heterocycles. The van der Waals surface area contributed by atoms with Crippen LogP contribution in [0.3, 0.4) is 0 Å². The van der Waals surface area contributed by atoms with Crippen LogP contribution < -0.4 is 5.32 Å². The van der Waals surface area contributed by atoms with Gasteiger partial charge in [0.1, 0.15) is 0 Å². The van der Waals surface area contributed by atoms with E-state index < -0.39 is 28.3 Å². The number of carbonyl (C=O) groups excluding carboxylic acids is 2. The molecule has 1 N–H and O–H groups in total. The quantitative estimate of drug-likeness (QED) is 0.736. The summed E-state index contributed by atoms with van der Waals surface area (Å²) in [4.78, 5) is 24.3. The van der Waals surface area contributed by atoms with E-state index in [1.165, 1.54) is 24.3 Å². The Kier molecular flexibility index (Phi) is 6.74. The Labute approximate surface area is 159 Å². The molecule has 0 aliphatic rings. The van der Waals surface area contributed by atoms with Gasteiger partial charge in [-0.1, -0.05) is 48.9 Å². The number of sulfone groups is 1. The number of hydrogen-bond donors (Lipinski definition) is 1. The molecule has 0 aliphatic carbocycles. The number of carbonyl (C=O) groups is 2. The van der Waals surface area contributed by atoms with E-state index in [0.717, 1.165) is 17.4 Å². The van der Waals surface area contributed by atoms with Gasteiger partial charge in [0.25, 0.3) is 5.91 Å². The van der Waals surface area contributed by atoms with Crippen LogP contribution in [0.4, 0.5) is 0 Å². The highest BCUT2D eigenvalue weighted by molar-refractivity contribution is 7.90. The summed E-state index contributed by atoms with van der Waals surface area (Å²) in [7, 11) is -3.58. The van der Waals surface area contributed by atoms with E-state index in [-0.39, 0.29) is 16.5 Å². The first-order chi connectivity index (χ1) is 12.7. The Bertz CT molecular complexity index is 920. The Morgan fingerprint density at radius 2 is 1.70 bits per heavy atom. The van der Waals surface area contributed by atoms with Crippen molar-refractivity contribution in [3.8, 4) is 0 Å². The molecule has 0 radical (unpaired) electrons. The van der Waals surface area contributed by atoms with E-state index >= 15 is 0 Å². The normalized spacial score (nSPS) is 12.3. The van der Waals surface area contributed by atoms with Gasteiger partial charge in [-0.3, -0.25) is 4.79 Å². The number of rotatable bonds is 7. The largest absolute Gasteiger partial charge is 0.452 e. The first-order valence-corrected chi connectivity index (χ1v) is 10.4. The minimum Gasteiger partial charge on any atom is -0.452 e. The number of nitrogens with one attached hydrogen (secondary N) is 1. The molecule has 2 rings (SSSR count). The molecule has 1 atom stereocenters. The summed E-state index contributed by atoms with van der Waals surface area (Å²) in [6, 6.07) is 13.4. The van der Waals surface area contributed by atoms with Crippen LogP contribution in [0.25, 0.3) is 0 Å². The summed E-state index contributed by atoms with van der Waals surface area (Å²) in [6.45, 7) is 3.44. The fourth-order valence-corrected chi connectivity index (χ4v) is 3.50. The van der Waals surface area contributed by atoms with E-state index in [1.54, 1.807) is 0 Å². The van der Waals surface area contributed by atoms with E-state index in [2.05, 4.69) is 5.32 Å². The average Bonchev–Trinajstić information content (AvgIpc) is 2.64. The first kappa shape index (κ1) is 20.6. The van der Waals surface area contributed by atoms with Crippen molar-refractivity contribution in [2.45, 2.75) is 31.2 Å². The topological polar surface area (TPSA) is 89.5 Å². The lowest BCUT2D eigenvalue weighted by atomic mass is 10.0. The van der Waals surface area contributed by atoms with Gasteiger partial charge in [0, 0.05) is 6.26 Å². The second kappa shape index (κ2) is 8.81. The van der Waals surface area contributed by atoms with E-state index in [1.807, 2.05) is 38.1 Å². The van der Waals surface area contributed by atoms with Gasteiger partial charge in [-0.2, -0.15) is 0 Å². The molecule has 0 aliphatic heterocycles. The number of ether oxygens (including phenoxy) is 1. The molecule has 0 spiro atoms. The van der Waals surface area contributed by atoms with Crippen molar-refractivity contribution in [2.24, 2.45) is 0 Å². The molecular weight excluding hydrogens is 366 g/mol. The molecule has 2 aromatic rings. The SMILES string of the molecule is CC[C@@H](NC(=O)COC(=O)c1ccccc1S(C)(=O)=O)c1ccc(C)cc1. The lowest BCUT2D eigenvalue weighted by Gasteiger charge is -2.18. The van der Waals surface area contributed by atoms with E-state index in [9.17, 15) is 18.0 Å².